The Hall–Kier alpha value is -1.22. The summed E-state index contributed by atoms with van der Waals surface area (Å²) < 4.78 is 37.8. The first-order valence-electron chi connectivity index (χ1n) is 4.00. The molecule has 1 heterocycles. The van der Waals surface area contributed by atoms with Crippen molar-refractivity contribution < 1.29 is 13.2 Å². The standard InChI is InChI=1S/C8H7ClF3N3/c1-5-7(9)3-14-15(5)4-6(2-13)8(10,11)12/h3,6H,4H2,1H3. The van der Waals surface area contributed by atoms with Crippen LogP contribution in [0.25, 0.3) is 0 Å². The molecule has 7 heteroatoms. The number of aromatic nitrogens is 2. The van der Waals surface area contributed by atoms with Crippen molar-refractivity contribution in [3.63, 3.8) is 0 Å². The van der Waals surface area contributed by atoms with Gasteiger partial charge in [0, 0.05) is 0 Å². The molecule has 0 fully saturated rings. The van der Waals surface area contributed by atoms with Gasteiger partial charge in [0.2, 0.25) is 0 Å². The van der Waals surface area contributed by atoms with Crippen LogP contribution in [0.15, 0.2) is 6.20 Å². The molecule has 0 aromatic carbocycles. The van der Waals surface area contributed by atoms with Crippen molar-refractivity contribution >= 4 is 11.6 Å². The zero-order chi connectivity index (χ0) is 11.6. The summed E-state index contributed by atoms with van der Waals surface area (Å²) in [6.45, 7) is 1.01. The Morgan fingerprint density at radius 1 is 1.67 bits per heavy atom. The van der Waals surface area contributed by atoms with Crippen LogP contribution in [-0.4, -0.2) is 16.0 Å². The van der Waals surface area contributed by atoms with E-state index in [1.54, 1.807) is 6.92 Å². The topological polar surface area (TPSA) is 41.6 Å². The van der Waals surface area contributed by atoms with E-state index in [0.717, 1.165) is 4.68 Å². The molecule has 0 spiro atoms. The molecule has 15 heavy (non-hydrogen) atoms. The second kappa shape index (κ2) is 4.11. The molecule has 0 amide bonds. The molecule has 82 valence electrons. The van der Waals surface area contributed by atoms with Crippen molar-refractivity contribution in [2.24, 2.45) is 5.92 Å². The molecule has 0 saturated heterocycles. The fraction of sp³-hybridized carbons (Fsp3) is 0.500. The normalized spacial score (nSPS) is 13.6. The van der Waals surface area contributed by atoms with Crippen molar-refractivity contribution in [1.29, 1.82) is 5.26 Å². The van der Waals surface area contributed by atoms with Gasteiger partial charge >= 0.3 is 6.18 Å². The first-order chi connectivity index (χ1) is 6.86. The summed E-state index contributed by atoms with van der Waals surface area (Å²) in [7, 11) is 0. The number of halogens is 4. The van der Waals surface area contributed by atoms with Crippen molar-refractivity contribution in [3.05, 3.63) is 16.9 Å². The molecule has 0 aliphatic rings. The average molecular weight is 238 g/mol. The molecule has 0 aliphatic heterocycles. The highest BCUT2D eigenvalue weighted by atomic mass is 35.5. The summed E-state index contributed by atoms with van der Waals surface area (Å²) in [6, 6.07) is 1.20. The fourth-order valence-electron chi connectivity index (χ4n) is 0.998. The van der Waals surface area contributed by atoms with E-state index in [-0.39, 0.29) is 5.02 Å². The van der Waals surface area contributed by atoms with E-state index in [4.69, 9.17) is 16.9 Å². The van der Waals surface area contributed by atoms with Crippen LogP contribution in [0.1, 0.15) is 5.69 Å². The molecule has 1 rings (SSSR count). The van der Waals surface area contributed by atoms with Crippen LogP contribution in [-0.2, 0) is 6.54 Å². The van der Waals surface area contributed by atoms with Crippen LogP contribution in [0.5, 0.6) is 0 Å². The lowest BCUT2D eigenvalue weighted by molar-refractivity contribution is -0.162. The first-order valence-corrected chi connectivity index (χ1v) is 4.38. The number of rotatable bonds is 2. The molecule has 0 N–H and O–H groups in total. The molecule has 0 saturated carbocycles. The van der Waals surface area contributed by atoms with E-state index in [2.05, 4.69) is 5.10 Å². The zero-order valence-electron chi connectivity index (χ0n) is 7.72. The Labute approximate surface area is 89.1 Å². The Balaban J connectivity index is 2.86. The average Bonchev–Trinajstić information content (AvgIpc) is 2.43. The molecular formula is C8H7ClF3N3. The Bertz CT molecular complexity index is 391. The van der Waals surface area contributed by atoms with E-state index in [1.807, 2.05) is 0 Å². The zero-order valence-corrected chi connectivity index (χ0v) is 8.47. The fourth-order valence-corrected chi connectivity index (χ4v) is 1.14. The van der Waals surface area contributed by atoms with Gasteiger partial charge < -0.3 is 0 Å². The van der Waals surface area contributed by atoms with Crippen molar-refractivity contribution in [2.45, 2.75) is 19.6 Å². The molecular weight excluding hydrogens is 231 g/mol. The van der Waals surface area contributed by atoms with Gasteiger partial charge in [-0.2, -0.15) is 23.5 Å². The van der Waals surface area contributed by atoms with Crippen molar-refractivity contribution in [2.75, 3.05) is 0 Å². The molecule has 0 bridgehead atoms. The van der Waals surface area contributed by atoms with Gasteiger partial charge in [-0.05, 0) is 6.92 Å². The molecule has 0 radical (unpaired) electrons. The van der Waals surface area contributed by atoms with Crippen LogP contribution < -0.4 is 0 Å². The van der Waals surface area contributed by atoms with Gasteiger partial charge in [0.1, 0.15) is 0 Å². The maximum Gasteiger partial charge on any atom is 0.406 e. The van der Waals surface area contributed by atoms with Gasteiger partial charge in [-0.15, -0.1) is 0 Å². The third-order valence-electron chi connectivity index (χ3n) is 1.95. The SMILES string of the molecule is Cc1c(Cl)cnn1CC(C#N)C(F)(F)F. The number of nitriles is 1. The number of nitrogens with zero attached hydrogens (tertiary/aromatic N) is 3. The summed E-state index contributed by atoms with van der Waals surface area (Å²) in [5.74, 6) is -2.06. The third kappa shape index (κ3) is 2.63. The highest BCUT2D eigenvalue weighted by molar-refractivity contribution is 6.31. The van der Waals surface area contributed by atoms with Crippen LogP contribution in [0, 0.1) is 24.2 Å². The minimum Gasteiger partial charge on any atom is -0.267 e. The van der Waals surface area contributed by atoms with Gasteiger partial charge in [-0.1, -0.05) is 11.6 Å². The van der Waals surface area contributed by atoms with Gasteiger partial charge in [0.15, 0.2) is 5.92 Å². The van der Waals surface area contributed by atoms with E-state index in [1.165, 1.54) is 12.3 Å². The maximum absolute atomic E-state index is 12.2. The van der Waals surface area contributed by atoms with Crippen LogP contribution in [0.4, 0.5) is 13.2 Å². The highest BCUT2D eigenvalue weighted by Gasteiger charge is 2.40. The van der Waals surface area contributed by atoms with Crippen LogP contribution in [0.2, 0.25) is 5.02 Å². The highest BCUT2D eigenvalue weighted by Crippen LogP contribution is 2.27. The van der Waals surface area contributed by atoms with Gasteiger partial charge in [-0.3, -0.25) is 4.68 Å². The molecule has 1 aromatic heterocycles. The molecule has 1 aromatic rings. The number of alkyl halides is 3. The van der Waals surface area contributed by atoms with Gasteiger partial charge in [0.25, 0.3) is 0 Å². The summed E-state index contributed by atoms with van der Waals surface area (Å²) in [6.07, 6.45) is -3.29. The van der Waals surface area contributed by atoms with E-state index in [0.29, 0.717) is 5.69 Å². The summed E-state index contributed by atoms with van der Waals surface area (Å²) in [5, 5.41) is 12.3. The summed E-state index contributed by atoms with van der Waals surface area (Å²) in [5.41, 5.74) is 0.418. The quantitative estimate of drug-likeness (QED) is 0.793. The van der Waals surface area contributed by atoms with E-state index in [9.17, 15) is 13.2 Å². The predicted molar refractivity (Wildman–Crippen MR) is 47.1 cm³/mol. The molecule has 0 aliphatic carbocycles. The van der Waals surface area contributed by atoms with Crippen molar-refractivity contribution in [3.8, 4) is 6.07 Å². The second-order valence-corrected chi connectivity index (χ2v) is 3.39. The summed E-state index contributed by atoms with van der Waals surface area (Å²) >= 11 is 5.62. The monoisotopic (exact) mass is 237 g/mol. The maximum atomic E-state index is 12.2. The Morgan fingerprint density at radius 2 is 2.27 bits per heavy atom. The largest absolute Gasteiger partial charge is 0.406 e. The summed E-state index contributed by atoms with van der Waals surface area (Å²) in [4.78, 5) is 0. The minimum atomic E-state index is -4.54. The second-order valence-electron chi connectivity index (χ2n) is 2.98. The van der Waals surface area contributed by atoms with Crippen LogP contribution in [0.3, 0.4) is 0 Å². The minimum absolute atomic E-state index is 0.286. The lowest BCUT2D eigenvalue weighted by Crippen LogP contribution is -2.26. The predicted octanol–water partition coefficient (Wildman–Crippen LogP) is 2.55. The first kappa shape index (κ1) is 11.9. The smallest absolute Gasteiger partial charge is 0.267 e. The van der Waals surface area contributed by atoms with Crippen LogP contribution >= 0.6 is 11.6 Å². The molecule has 3 nitrogen and oxygen atoms in total. The Kier molecular flexibility index (Phi) is 3.25. The third-order valence-corrected chi connectivity index (χ3v) is 2.32. The lowest BCUT2D eigenvalue weighted by Gasteiger charge is -2.13. The molecule has 1 unspecified atom stereocenters. The number of hydrogen-bond donors (Lipinski definition) is 0. The lowest BCUT2D eigenvalue weighted by atomic mass is 10.1. The van der Waals surface area contributed by atoms with E-state index >= 15 is 0 Å². The Morgan fingerprint density at radius 3 is 2.60 bits per heavy atom. The number of hydrogen-bond acceptors (Lipinski definition) is 2. The van der Waals surface area contributed by atoms with E-state index < -0.39 is 18.6 Å². The van der Waals surface area contributed by atoms with Crippen molar-refractivity contribution in [1.82, 2.24) is 9.78 Å². The van der Waals surface area contributed by atoms with Gasteiger partial charge in [-0.25, -0.2) is 0 Å². The molecule has 1 atom stereocenters. The van der Waals surface area contributed by atoms with Gasteiger partial charge in [0.05, 0.1) is 29.5 Å².